The van der Waals surface area contributed by atoms with Crippen LogP contribution in [0.3, 0.4) is 0 Å². The number of aryl methyl sites for hydroxylation is 2. The molecular formula is C30H24FN3O4S2. The van der Waals surface area contributed by atoms with E-state index >= 15 is 0 Å². The van der Waals surface area contributed by atoms with Crippen LogP contribution in [0.15, 0.2) is 82.6 Å². The molecular weight excluding hydrogens is 549 g/mol. The minimum Gasteiger partial charge on any atom is -0.325 e. The van der Waals surface area contributed by atoms with E-state index in [1.165, 1.54) is 21.6 Å². The lowest BCUT2D eigenvalue weighted by molar-refractivity contribution is -0.122. The number of nitrogens with zero attached hydrogens (tertiary/aromatic N) is 2. The molecule has 2 aliphatic rings. The van der Waals surface area contributed by atoms with Crippen LogP contribution in [0.2, 0.25) is 0 Å². The number of halogens is 1. The molecule has 0 aliphatic carbocycles. The fourth-order valence-electron chi connectivity index (χ4n) is 5.21. The third-order valence-corrected chi connectivity index (χ3v) is 9.81. The lowest BCUT2D eigenvalue weighted by atomic mass is 9.83. The highest BCUT2D eigenvalue weighted by Gasteiger charge is 2.56. The Bertz CT molecular complexity index is 1690. The van der Waals surface area contributed by atoms with Gasteiger partial charge in [0.25, 0.3) is 0 Å². The second kappa shape index (κ2) is 10.2. The van der Waals surface area contributed by atoms with Gasteiger partial charge in [-0.25, -0.2) is 9.29 Å². The molecule has 4 aromatic rings. The fraction of sp³-hybridized carbons (Fsp3) is 0.200. The van der Waals surface area contributed by atoms with Crippen LogP contribution in [0, 0.1) is 25.6 Å². The van der Waals surface area contributed by atoms with Gasteiger partial charge >= 0.3 is 4.87 Å². The van der Waals surface area contributed by atoms with E-state index < -0.39 is 22.9 Å². The van der Waals surface area contributed by atoms with E-state index in [2.05, 4.69) is 5.32 Å². The molecule has 1 fully saturated rings. The number of benzene rings is 3. The van der Waals surface area contributed by atoms with E-state index in [0.29, 0.717) is 26.8 Å². The number of nitrogens with one attached hydrogen (secondary N) is 1. The van der Waals surface area contributed by atoms with E-state index in [1.807, 2.05) is 38.1 Å². The van der Waals surface area contributed by atoms with Crippen molar-refractivity contribution < 1.29 is 18.8 Å². The van der Waals surface area contributed by atoms with Crippen LogP contribution in [0.1, 0.15) is 27.5 Å². The molecule has 0 bridgehead atoms. The number of hydrogen-bond acceptors (Lipinski definition) is 6. The Balaban J connectivity index is 1.40. The molecule has 0 spiro atoms. The summed E-state index contributed by atoms with van der Waals surface area (Å²) < 4.78 is 15.2. The molecule has 6 rings (SSSR count). The molecule has 2 aliphatic heterocycles. The Morgan fingerprint density at radius 3 is 2.15 bits per heavy atom. The van der Waals surface area contributed by atoms with Crippen LogP contribution in [0.25, 0.3) is 0 Å². The summed E-state index contributed by atoms with van der Waals surface area (Å²) in [4.78, 5) is 55.2. The summed E-state index contributed by atoms with van der Waals surface area (Å²) in [5, 5.41) is 2.49. The Labute approximate surface area is 237 Å². The van der Waals surface area contributed by atoms with Crippen molar-refractivity contribution in [1.29, 1.82) is 0 Å². The number of imide groups is 1. The van der Waals surface area contributed by atoms with Gasteiger partial charge in [0.05, 0.1) is 16.6 Å². The van der Waals surface area contributed by atoms with Gasteiger partial charge in [-0.15, -0.1) is 0 Å². The molecule has 3 amide bonds. The first kappa shape index (κ1) is 26.2. The minimum absolute atomic E-state index is 0.247. The van der Waals surface area contributed by atoms with Crippen molar-refractivity contribution in [3.63, 3.8) is 0 Å². The van der Waals surface area contributed by atoms with Crippen molar-refractivity contribution in [2.75, 3.05) is 10.2 Å². The molecule has 10 heteroatoms. The maximum atomic E-state index is 13.9. The van der Waals surface area contributed by atoms with Gasteiger partial charge in [0.15, 0.2) is 0 Å². The number of rotatable bonds is 5. The molecule has 40 heavy (non-hydrogen) atoms. The number of carbonyl (C=O) groups excluding carboxylic acids is 3. The van der Waals surface area contributed by atoms with Gasteiger partial charge in [-0.2, -0.15) is 0 Å². The Hall–Kier alpha value is -4.02. The summed E-state index contributed by atoms with van der Waals surface area (Å²) in [7, 11) is 0. The summed E-state index contributed by atoms with van der Waals surface area (Å²) in [6.07, 6.45) is 0. The van der Waals surface area contributed by atoms with Crippen LogP contribution in [0.4, 0.5) is 15.8 Å². The number of anilines is 2. The Kier molecular flexibility index (Phi) is 6.67. The fourth-order valence-corrected chi connectivity index (χ4v) is 7.99. The number of hydrogen-bond donors (Lipinski definition) is 1. The summed E-state index contributed by atoms with van der Waals surface area (Å²) in [5.41, 5.74) is 3.76. The lowest BCUT2D eigenvalue weighted by Crippen LogP contribution is -2.33. The highest BCUT2D eigenvalue weighted by Crippen LogP contribution is 2.53. The Morgan fingerprint density at radius 1 is 0.875 bits per heavy atom. The standard InChI is InChI=1S/C30H24FN3O4S2/c1-16-3-11-20(12-4-16)32-22(35)15-33-29-26(40-30(33)38)23(18-7-9-19(31)10-8-18)24-25(39-29)28(37)34(27(24)36)21-13-5-17(2)6-14-21/h3-14,23-25H,15H2,1-2H3,(H,32,35)/t23-,24?,25?/m1/s1. The highest BCUT2D eigenvalue weighted by molar-refractivity contribution is 8.00. The zero-order valence-electron chi connectivity index (χ0n) is 21.6. The molecule has 7 nitrogen and oxygen atoms in total. The average molecular weight is 574 g/mol. The SMILES string of the molecule is Cc1ccc(NC(=O)Cn2c3c(sc2=O)[C@H](c2ccc(F)cc2)C2C(=O)N(c4ccc(C)cc4)C(=O)C2S3)cc1. The predicted molar refractivity (Wildman–Crippen MR) is 153 cm³/mol. The molecule has 0 saturated carbocycles. The quantitative estimate of drug-likeness (QED) is 0.336. The van der Waals surface area contributed by atoms with Gasteiger partial charge in [-0.3, -0.25) is 23.7 Å². The molecule has 3 heterocycles. The molecule has 2 unspecified atom stereocenters. The van der Waals surface area contributed by atoms with Crippen LogP contribution in [-0.2, 0) is 20.9 Å². The zero-order chi connectivity index (χ0) is 28.1. The number of fused-ring (bicyclic) bond motifs is 2. The maximum Gasteiger partial charge on any atom is 0.308 e. The molecule has 3 aromatic carbocycles. The minimum atomic E-state index is -0.809. The van der Waals surface area contributed by atoms with Gasteiger partial charge in [0.2, 0.25) is 17.7 Å². The van der Waals surface area contributed by atoms with Gasteiger partial charge in [-0.05, 0) is 55.8 Å². The molecule has 1 saturated heterocycles. The van der Waals surface area contributed by atoms with E-state index in [4.69, 9.17) is 0 Å². The average Bonchev–Trinajstić information content (AvgIpc) is 3.37. The van der Waals surface area contributed by atoms with Gasteiger partial charge in [-0.1, -0.05) is 70.6 Å². The third kappa shape index (κ3) is 4.56. The van der Waals surface area contributed by atoms with E-state index in [-0.39, 0.29) is 29.1 Å². The van der Waals surface area contributed by atoms with Crippen molar-refractivity contribution in [2.45, 2.75) is 36.6 Å². The van der Waals surface area contributed by atoms with Gasteiger partial charge in [0, 0.05) is 16.5 Å². The van der Waals surface area contributed by atoms with Crippen molar-refractivity contribution in [2.24, 2.45) is 5.92 Å². The van der Waals surface area contributed by atoms with Crippen LogP contribution < -0.4 is 15.1 Å². The largest absolute Gasteiger partial charge is 0.325 e. The molecule has 1 N–H and O–H groups in total. The first-order valence-electron chi connectivity index (χ1n) is 12.7. The monoisotopic (exact) mass is 573 g/mol. The number of thioether (sulfide) groups is 1. The van der Waals surface area contributed by atoms with E-state index in [9.17, 15) is 23.6 Å². The number of aromatic nitrogens is 1. The number of carbonyl (C=O) groups is 3. The molecule has 0 radical (unpaired) electrons. The van der Waals surface area contributed by atoms with Crippen molar-refractivity contribution in [1.82, 2.24) is 4.57 Å². The van der Waals surface area contributed by atoms with E-state index in [1.54, 1.807) is 36.4 Å². The topological polar surface area (TPSA) is 88.5 Å². The predicted octanol–water partition coefficient (Wildman–Crippen LogP) is 5.10. The zero-order valence-corrected chi connectivity index (χ0v) is 23.2. The normalized spacial score (nSPS) is 19.9. The summed E-state index contributed by atoms with van der Waals surface area (Å²) >= 11 is 2.10. The van der Waals surface area contributed by atoms with Crippen molar-refractivity contribution in [3.8, 4) is 0 Å². The Morgan fingerprint density at radius 2 is 1.50 bits per heavy atom. The van der Waals surface area contributed by atoms with Gasteiger partial charge in [0.1, 0.15) is 17.6 Å². The second-order valence-electron chi connectivity index (χ2n) is 9.98. The highest BCUT2D eigenvalue weighted by atomic mass is 32.2. The summed E-state index contributed by atoms with van der Waals surface area (Å²) in [6.45, 7) is 3.62. The molecule has 1 aromatic heterocycles. The van der Waals surface area contributed by atoms with Crippen LogP contribution >= 0.6 is 23.1 Å². The van der Waals surface area contributed by atoms with Crippen molar-refractivity contribution >= 4 is 52.2 Å². The number of thiazole rings is 1. The first-order chi connectivity index (χ1) is 19.2. The van der Waals surface area contributed by atoms with Crippen LogP contribution in [0.5, 0.6) is 0 Å². The van der Waals surface area contributed by atoms with Crippen molar-refractivity contribution in [3.05, 3.63) is 110 Å². The van der Waals surface area contributed by atoms with Crippen LogP contribution in [-0.4, -0.2) is 27.5 Å². The summed E-state index contributed by atoms with van der Waals surface area (Å²) in [5.74, 6) is -2.99. The summed E-state index contributed by atoms with van der Waals surface area (Å²) in [6, 6.07) is 20.2. The molecule has 202 valence electrons. The smallest absolute Gasteiger partial charge is 0.308 e. The lowest BCUT2D eigenvalue weighted by Gasteiger charge is -2.30. The maximum absolute atomic E-state index is 13.9. The first-order valence-corrected chi connectivity index (χ1v) is 14.4. The second-order valence-corrected chi connectivity index (χ2v) is 12.1. The molecule has 3 atom stereocenters. The third-order valence-electron chi connectivity index (χ3n) is 7.21. The van der Waals surface area contributed by atoms with E-state index in [0.717, 1.165) is 34.2 Å². The van der Waals surface area contributed by atoms with Gasteiger partial charge < -0.3 is 5.32 Å². The number of amides is 3.